The number of nitriles is 1. The number of aromatic nitrogens is 4. The Bertz CT molecular complexity index is 984. The number of rotatable bonds is 3. The van der Waals surface area contributed by atoms with E-state index in [0.29, 0.717) is 11.4 Å². The normalized spacial score (nSPS) is 9.56. The van der Waals surface area contributed by atoms with Gasteiger partial charge in [-0.1, -0.05) is 0 Å². The van der Waals surface area contributed by atoms with Gasteiger partial charge in [0.05, 0.1) is 18.2 Å². The lowest BCUT2D eigenvalue weighted by molar-refractivity contribution is 0.0997. The van der Waals surface area contributed by atoms with Gasteiger partial charge in [0.15, 0.2) is 5.78 Å². The Balaban J connectivity index is 0.000000181. The summed E-state index contributed by atoms with van der Waals surface area (Å²) in [7, 11) is 0. The van der Waals surface area contributed by atoms with Crippen molar-refractivity contribution >= 4 is 11.6 Å². The van der Waals surface area contributed by atoms with Crippen LogP contribution in [-0.2, 0) is 0 Å². The lowest BCUT2D eigenvalue weighted by atomic mass is 10.1. The highest BCUT2D eigenvalue weighted by Gasteiger charge is 2.03. The molecule has 3 aromatic heterocycles. The number of hydrogen-bond donors (Lipinski definition) is 4. The highest BCUT2D eigenvalue weighted by molar-refractivity contribution is 5.96. The van der Waals surface area contributed by atoms with Crippen molar-refractivity contribution in [2.45, 2.75) is 6.42 Å². The van der Waals surface area contributed by atoms with Crippen LogP contribution in [-0.4, -0.2) is 25.9 Å². The average molecular weight is 338 g/mol. The Hall–Kier alpha value is -3.93. The standard InChI is InChI=1S/C8H8N4O.C8H6N2O2/c9-7-3-6(11-12-7)5-1-2-8(13)10-4-5;9-4-3-7(11)6-1-2-8(12)10-5-6/h1-4H,(H,10,13)(H3,9,11,12);1-2,5H,3H2,(H,10,12). The molecule has 3 heterocycles. The zero-order chi connectivity index (χ0) is 18.2. The van der Waals surface area contributed by atoms with E-state index in [0.717, 1.165) is 11.3 Å². The van der Waals surface area contributed by atoms with Gasteiger partial charge >= 0.3 is 0 Å². The Morgan fingerprint density at radius 2 is 1.80 bits per heavy atom. The number of nitrogens with two attached hydrogens (primary N) is 1. The maximum Gasteiger partial charge on any atom is 0.247 e. The summed E-state index contributed by atoms with van der Waals surface area (Å²) in [6.45, 7) is 0. The maximum atomic E-state index is 11.0. The molecule has 9 nitrogen and oxygen atoms in total. The van der Waals surface area contributed by atoms with Crippen LogP contribution in [0.3, 0.4) is 0 Å². The Morgan fingerprint density at radius 1 is 1.12 bits per heavy atom. The number of anilines is 1. The Kier molecular flexibility index (Phi) is 5.63. The first kappa shape index (κ1) is 17.4. The molecule has 126 valence electrons. The minimum Gasteiger partial charge on any atom is -0.382 e. The second-order valence-corrected chi connectivity index (χ2v) is 4.85. The van der Waals surface area contributed by atoms with Gasteiger partial charge < -0.3 is 15.7 Å². The van der Waals surface area contributed by atoms with Crippen LogP contribution >= 0.6 is 0 Å². The summed E-state index contributed by atoms with van der Waals surface area (Å²) in [5.41, 5.74) is 7.04. The molecule has 0 fully saturated rings. The molecule has 0 radical (unpaired) electrons. The van der Waals surface area contributed by atoms with Crippen molar-refractivity contribution in [1.82, 2.24) is 20.2 Å². The first-order chi connectivity index (χ1) is 12.0. The van der Waals surface area contributed by atoms with Gasteiger partial charge in [-0.05, 0) is 12.1 Å². The van der Waals surface area contributed by atoms with Gasteiger partial charge in [0.2, 0.25) is 11.1 Å². The molecule has 3 aromatic rings. The first-order valence-corrected chi connectivity index (χ1v) is 7.08. The summed E-state index contributed by atoms with van der Waals surface area (Å²) in [5.74, 6) is 0.148. The monoisotopic (exact) mass is 338 g/mol. The van der Waals surface area contributed by atoms with Crippen molar-refractivity contribution in [2.75, 3.05) is 5.73 Å². The predicted molar refractivity (Wildman–Crippen MR) is 90.7 cm³/mol. The van der Waals surface area contributed by atoms with Crippen molar-refractivity contribution in [1.29, 1.82) is 5.26 Å². The zero-order valence-electron chi connectivity index (χ0n) is 12.9. The molecule has 25 heavy (non-hydrogen) atoms. The van der Waals surface area contributed by atoms with E-state index in [4.69, 9.17) is 11.0 Å². The Morgan fingerprint density at radius 3 is 2.28 bits per heavy atom. The van der Waals surface area contributed by atoms with E-state index in [1.165, 1.54) is 24.4 Å². The lowest BCUT2D eigenvalue weighted by Crippen LogP contribution is -2.06. The number of carbonyl (C=O) groups excluding carboxylic acids is 1. The largest absolute Gasteiger partial charge is 0.382 e. The molecule has 0 aromatic carbocycles. The van der Waals surface area contributed by atoms with Crippen LogP contribution < -0.4 is 16.9 Å². The minimum atomic E-state index is -0.284. The molecule has 0 unspecified atom stereocenters. The number of pyridine rings is 2. The molecule has 5 N–H and O–H groups in total. The van der Waals surface area contributed by atoms with E-state index in [-0.39, 0.29) is 23.3 Å². The van der Waals surface area contributed by atoms with Crippen molar-refractivity contribution in [3.05, 3.63) is 69.0 Å². The summed E-state index contributed by atoms with van der Waals surface area (Å²) < 4.78 is 0. The zero-order valence-corrected chi connectivity index (χ0v) is 12.9. The summed E-state index contributed by atoms with van der Waals surface area (Å²) >= 11 is 0. The van der Waals surface area contributed by atoms with Gasteiger partial charge in [-0.15, -0.1) is 0 Å². The minimum absolute atomic E-state index is 0.128. The van der Waals surface area contributed by atoms with Gasteiger partial charge in [-0.25, -0.2) is 0 Å². The second kappa shape index (κ2) is 8.07. The quantitative estimate of drug-likeness (QED) is 0.517. The first-order valence-electron chi connectivity index (χ1n) is 7.08. The number of nitrogen functional groups attached to an aromatic ring is 1. The third kappa shape index (κ3) is 5.04. The van der Waals surface area contributed by atoms with Crippen LogP contribution in [0.1, 0.15) is 16.8 Å². The lowest BCUT2D eigenvalue weighted by Gasteiger charge is -1.93. The molecule has 0 amide bonds. The van der Waals surface area contributed by atoms with Crippen molar-refractivity contribution in [3.8, 4) is 17.3 Å². The molecule has 3 rings (SSSR count). The fourth-order valence-corrected chi connectivity index (χ4v) is 1.82. The van der Waals surface area contributed by atoms with Gasteiger partial charge in [-0.3, -0.25) is 19.5 Å². The molecule has 0 atom stereocenters. The van der Waals surface area contributed by atoms with Crippen LogP contribution in [0.2, 0.25) is 0 Å². The molecule has 9 heteroatoms. The number of aromatic amines is 3. The van der Waals surface area contributed by atoms with Gasteiger partial charge in [0, 0.05) is 41.7 Å². The van der Waals surface area contributed by atoms with Gasteiger partial charge in [-0.2, -0.15) is 10.4 Å². The number of carbonyl (C=O) groups is 1. The Labute approximate surface area is 141 Å². The van der Waals surface area contributed by atoms with E-state index < -0.39 is 0 Å². The number of hydrogen-bond acceptors (Lipinski definition) is 6. The molecular weight excluding hydrogens is 324 g/mol. The molecular formula is C16H14N6O3. The van der Waals surface area contributed by atoms with Crippen LogP contribution in [0.4, 0.5) is 5.82 Å². The fraction of sp³-hybridized carbons (Fsp3) is 0.0625. The number of nitrogens with one attached hydrogen (secondary N) is 3. The summed E-state index contributed by atoms with van der Waals surface area (Å²) in [6.07, 6.45) is 2.75. The van der Waals surface area contributed by atoms with E-state index >= 15 is 0 Å². The number of Topliss-reactive ketones (excluding diaryl/α,β-unsaturated/α-hetero) is 1. The topological polar surface area (TPSA) is 161 Å². The third-order valence-corrected chi connectivity index (χ3v) is 3.04. The van der Waals surface area contributed by atoms with Crippen LogP contribution in [0.25, 0.3) is 11.3 Å². The predicted octanol–water partition coefficient (Wildman–Crippen LogP) is 0.818. The highest BCUT2D eigenvalue weighted by Crippen LogP contribution is 2.15. The van der Waals surface area contributed by atoms with Crippen molar-refractivity contribution < 1.29 is 4.79 Å². The summed E-state index contributed by atoms with van der Waals surface area (Å²) in [5, 5.41) is 14.7. The third-order valence-electron chi connectivity index (χ3n) is 3.04. The molecule has 0 saturated carbocycles. The van der Waals surface area contributed by atoms with Crippen LogP contribution in [0.5, 0.6) is 0 Å². The van der Waals surface area contributed by atoms with E-state index in [1.807, 2.05) is 0 Å². The molecule has 0 saturated heterocycles. The molecule has 0 bridgehead atoms. The number of H-pyrrole nitrogens is 3. The highest BCUT2D eigenvalue weighted by atomic mass is 16.1. The maximum absolute atomic E-state index is 11.0. The molecule has 0 spiro atoms. The molecule has 0 aliphatic carbocycles. The van der Waals surface area contributed by atoms with Crippen LogP contribution in [0.15, 0.2) is 52.3 Å². The van der Waals surface area contributed by atoms with Crippen molar-refractivity contribution in [3.63, 3.8) is 0 Å². The second-order valence-electron chi connectivity index (χ2n) is 4.85. The molecule has 0 aliphatic rings. The van der Waals surface area contributed by atoms with Crippen LogP contribution in [0, 0.1) is 11.3 Å². The molecule has 0 aliphatic heterocycles. The fourth-order valence-electron chi connectivity index (χ4n) is 1.82. The smallest absolute Gasteiger partial charge is 0.247 e. The average Bonchev–Trinajstić information content (AvgIpc) is 3.03. The van der Waals surface area contributed by atoms with Crippen molar-refractivity contribution in [2.24, 2.45) is 0 Å². The van der Waals surface area contributed by atoms with E-state index in [9.17, 15) is 14.4 Å². The SMILES string of the molecule is N#CCC(=O)c1ccc(=O)[nH]c1.Nc1cc(-c2ccc(=O)[nH]c2)[nH]n1. The van der Waals surface area contributed by atoms with E-state index in [2.05, 4.69) is 20.2 Å². The number of nitrogens with zero attached hydrogens (tertiary/aromatic N) is 2. The number of ketones is 1. The summed E-state index contributed by atoms with van der Waals surface area (Å²) in [4.78, 5) is 37.3. The van der Waals surface area contributed by atoms with Gasteiger partial charge in [0.1, 0.15) is 5.82 Å². The summed E-state index contributed by atoms with van der Waals surface area (Å²) in [6, 6.07) is 9.25. The van der Waals surface area contributed by atoms with E-state index in [1.54, 1.807) is 24.4 Å². The van der Waals surface area contributed by atoms with Gasteiger partial charge in [0.25, 0.3) is 0 Å².